The first-order valence-corrected chi connectivity index (χ1v) is 9.44. The predicted molar refractivity (Wildman–Crippen MR) is 94.9 cm³/mol. The zero-order valence-corrected chi connectivity index (χ0v) is 14.1. The Balaban J connectivity index is 1.35. The number of nitrogens with zero attached hydrogens (tertiary/aromatic N) is 1. The van der Waals surface area contributed by atoms with Crippen LogP contribution in [0.4, 0.5) is 0 Å². The van der Waals surface area contributed by atoms with Crippen LogP contribution in [0.1, 0.15) is 12.0 Å². The van der Waals surface area contributed by atoms with Crippen LogP contribution in [0, 0.1) is 11.8 Å². The highest BCUT2D eigenvalue weighted by atomic mass is 127. The van der Waals surface area contributed by atoms with Gasteiger partial charge in [-0.15, -0.1) is 0 Å². The normalized spacial score (nSPS) is 39.1. The lowest BCUT2D eigenvalue weighted by molar-refractivity contribution is 0.297. The highest BCUT2D eigenvalue weighted by molar-refractivity contribution is 14.1. The molecule has 1 spiro atoms. The SMILES string of the molecule is ICC1CC2C=CC23C1N3CCc1c[nH]c2ccccc12. The van der Waals surface area contributed by atoms with E-state index >= 15 is 0 Å². The summed E-state index contributed by atoms with van der Waals surface area (Å²) in [6.07, 6.45) is 9.73. The Bertz CT molecular complexity index is 734. The number of benzene rings is 1. The molecule has 108 valence electrons. The van der Waals surface area contributed by atoms with Crippen LogP contribution in [0.15, 0.2) is 42.6 Å². The van der Waals surface area contributed by atoms with Crippen LogP contribution < -0.4 is 0 Å². The van der Waals surface area contributed by atoms with Gasteiger partial charge in [-0.25, -0.2) is 0 Å². The van der Waals surface area contributed by atoms with Gasteiger partial charge in [0.1, 0.15) is 0 Å². The zero-order chi connectivity index (χ0) is 14.0. The number of alkyl halides is 1. The van der Waals surface area contributed by atoms with Crippen molar-refractivity contribution in [3.63, 3.8) is 0 Å². The van der Waals surface area contributed by atoms with Gasteiger partial charge in [0.25, 0.3) is 0 Å². The van der Waals surface area contributed by atoms with Crippen molar-refractivity contribution in [3.8, 4) is 0 Å². The summed E-state index contributed by atoms with van der Waals surface area (Å²) in [5, 5.41) is 1.40. The van der Waals surface area contributed by atoms with E-state index < -0.39 is 0 Å². The summed E-state index contributed by atoms with van der Waals surface area (Å²) in [5.41, 5.74) is 3.23. The van der Waals surface area contributed by atoms with Gasteiger partial charge in [0.2, 0.25) is 0 Å². The van der Waals surface area contributed by atoms with Gasteiger partial charge in [-0.3, -0.25) is 4.90 Å². The molecular formula is C18H19IN2. The van der Waals surface area contributed by atoms with Gasteiger partial charge in [-0.1, -0.05) is 52.9 Å². The number of aromatic nitrogens is 1. The second-order valence-corrected chi connectivity index (χ2v) is 7.63. The number of halogens is 1. The topological polar surface area (TPSA) is 18.8 Å². The van der Waals surface area contributed by atoms with E-state index in [0.29, 0.717) is 5.54 Å². The first-order valence-electron chi connectivity index (χ1n) is 7.91. The van der Waals surface area contributed by atoms with E-state index in [1.807, 2.05) is 0 Å². The minimum Gasteiger partial charge on any atom is -0.361 e. The zero-order valence-electron chi connectivity index (χ0n) is 11.9. The third-order valence-electron chi connectivity index (χ3n) is 5.93. The van der Waals surface area contributed by atoms with Crippen LogP contribution in [0.25, 0.3) is 10.9 Å². The van der Waals surface area contributed by atoms with E-state index in [1.165, 1.54) is 33.9 Å². The average Bonchev–Trinajstić information content (AvgIpc) is 2.92. The molecule has 2 fully saturated rings. The molecule has 1 aromatic heterocycles. The van der Waals surface area contributed by atoms with Crippen molar-refractivity contribution in [2.45, 2.75) is 24.4 Å². The van der Waals surface area contributed by atoms with Gasteiger partial charge in [0.05, 0.1) is 5.54 Å². The first kappa shape index (κ1) is 12.7. The number of hydrogen-bond acceptors (Lipinski definition) is 1. The molecule has 0 radical (unpaired) electrons. The molecule has 5 rings (SSSR count). The number of piperidine rings is 1. The molecule has 0 amide bonds. The standard InChI is InChI=1S/C18H19IN2/c19-10-13-9-14-5-7-18(14)17(13)21(18)8-6-12-11-20-16-4-2-1-3-15(12)16/h1-5,7,11,13-14,17,20H,6,8-10H2. The second-order valence-electron chi connectivity index (χ2n) is 6.75. The van der Waals surface area contributed by atoms with Crippen molar-refractivity contribution in [1.29, 1.82) is 0 Å². The predicted octanol–water partition coefficient (Wildman–Crippen LogP) is 3.77. The van der Waals surface area contributed by atoms with Gasteiger partial charge in [-0.05, 0) is 30.4 Å². The van der Waals surface area contributed by atoms with E-state index in [4.69, 9.17) is 0 Å². The van der Waals surface area contributed by atoms with Crippen molar-refractivity contribution >= 4 is 33.5 Å². The van der Waals surface area contributed by atoms with Crippen LogP contribution in [0.2, 0.25) is 0 Å². The number of hydrogen-bond donors (Lipinski definition) is 1. The van der Waals surface area contributed by atoms with E-state index in [1.54, 1.807) is 0 Å². The summed E-state index contributed by atoms with van der Waals surface area (Å²) >= 11 is 2.58. The van der Waals surface area contributed by atoms with E-state index in [0.717, 1.165) is 24.3 Å². The number of H-pyrrole nitrogens is 1. The van der Waals surface area contributed by atoms with Gasteiger partial charge < -0.3 is 4.98 Å². The monoisotopic (exact) mass is 390 g/mol. The molecule has 2 nitrogen and oxygen atoms in total. The molecule has 2 heterocycles. The van der Waals surface area contributed by atoms with Crippen molar-refractivity contribution in [3.05, 3.63) is 48.2 Å². The molecule has 1 saturated carbocycles. The number of fused-ring (bicyclic) bond motifs is 1. The van der Waals surface area contributed by atoms with E-state index in [9.17, 15) is 0 Å². The fraction of sp³-hybridized carbons (Fsp3) is 0.444. The maximum atomic E-state index is 3.40. The largest absolute Gasteiger partial charge is 0.361 e. The summed E-state index contributed by atoms with van der Waals surface area (Å²) in [6, 6.07) is 9.49. The lowest BCUT2D eigenvalue weighted by Crippen LogP contribution is -2.32. The fourth-order valence-electron chi connectivity index (χ4n) is 4.87. The van der Waals surface area contributed by atoms with Crippen LogP contribution in [-0.4, -0.2) is 32.4 Å². The minimum atomic E-state index is 0.488. The third kappa shape index (κ3) is 1.57. The molecule has 1 saturated heterocycles. The Labute approximate surface area is 138 Å². The molecule has 1 N–H and O–H groups in total. The summed E-state index contributed by atoms with van der Waals surface area (Å²) in [7, 11) is 0. The molecule has 0 bridgehead atoms. The Morgan fingerprint density at radius 3 is 3.05 bits per heavy atom. The first-order chi connectivity index (χ1) is 10.3. The van der Waals surface area contributed by atoms with Gasteiger partial charge in [0, 0.05) is 40.0 Å². The van der Waals surface area contributed by atoms with Crippen molar-refractivity contribution < 1.29 is 0 Å². The number of para-hydroxylation sites is 1. The molecular weight excluding hydrogens is 371 g/mol. The van der Waals surface area contributed by atoms with Crippen LogP contribution >= 0.6 is 22.6 Å². The molecule has 5 atom stereocenters. The van der Waals surface area contributed by atoms with Crippen molar-refractivity contribution in [1.82, 2.24) is 9.88 Å². The van der Waals surface area contributed by atoms with Gasteiger partial charge in [-0.2, -0.15) is 0 Å². The highest BCUT2D eigenvalue weighted by Gasteiger charge is 2.73. The van der Waals surface area contributed by atoms with E-state index in [2.05, 4.69) is 75.1 Å². The molecule has 1 aromatic carbocycles. The Hall–Kier alpha value is -0.810. The third-order valence-corrected chi connectivity index (χ3v) is 7.06. The molecule has 2 aliphatic carbocycles. The Morgan fingerprint density at radius 1 is 1.33 bits per heavy atom. The maximum absolute atomic E-state index is 3.40. The lowest BCUT2D eigenvalue weighted by Gasteiger charge is -2.29. The quantitative estimate of drug-likeness (QED) is 0.365. The molecule has 1 aliphatic heterocycles. The Kier molecular flexibility index (Phi) is 2.63. The van der Waals surface area contributed by atoms with Gasteiger partial charge >= 0.3 is 0 Å². The summed E-state index contributed by atoms with van der Waals surface area (Å²) in [6.45, 7) is 1.21. The second kappa shape index (κ2) is 4.35. The molecule has 3 aliphatic rings. The highest BCUT2D eigenvalue weighted by Crippen LogP contribution is 2.65. The number of likely N-dealkylation sites (tertiary alicyclic amines) is 1. The Morgan fingerprint density at radius 2 is 2.24 bits per heavy atom. The number of rotatable bonds is 4. The number of nitrogens with one attached hydrogen (secondary N) is 1. The minimum absolute atomic E-state index is 0.488. The summed E-state index contributed by atoms with van der Waals surface area (Å²) in [4.78, 5) is 6.17. The van der Waals surface area contributed by atoms with Gasteiger partial charge in [0.15, 0.2) is 0 Å². The smallest absolute Gasteiger partial charge is 0.0617 e. The maximum Gasteiger partial charge on any atom is 0.0617 e. The van der Waals surface area contributed by atoms with Crippen LogP contribution in [-0.2, 0) is 6.42 Å². The molecule has 2 aromatic rings. The summed E-state index contributed by atoms with van der Waals surface area (Å²) in [5.74, 6) is 1.76. The average molecular weight is 390 g/mol. The molecule has 5 unspecified atom stereocenters. The van der Waals surface area contributed by atoms with Crippen molar-refractivity contribution in [2.75, 3.05) is 11.0 Å². The van der Waals surface area contributed by atoms with Crippen molar-refractivity contribution in [2.24, 2.45) is 11.8 Å². The molecule has 3 heteroatoms. The van der Waals surface area contributed by atoms with Crippen LogP contribution in [0.3, 0.4) is 0 Å². The lowest BCUT2D eigenvalue weighted by atomic mass is 9.83. The van der Waals surface area contributed by atoms with E-state index in [-0.39, 0.29) is 0 Å². The molecule has 21 heavy (non-hydrogen) atoms. The summed E-state index contributed by atoms with van der Waals surface area (Å²) < 4.78 is 1.31. The number of aromatic amines is 1. The fourth-order valence-corrected chi connectivity index (χ4v) is 5.71. The van der Waals surface area contributed by atoms with Crippen LogP contribution in [0.5, 0.6) is 0 Å².